The number of hydrogen-bond acceptors (Lipinski definition) is 3. The first-order chi connectivity index (χ1) is 8.13. The fourth-order valence-corrected chi connectivity index (χ4v) is 1.87. The number of carbonyl (C=O) groups is 2. The molecule has 1 aromatic carbocycles. The zero-order chi connectivity index (χ0) is 12.4. The van der Waals surface area contributed by atoms with Crippen LogP contribution in [0.3, 0.4) is 0 Å². The maximum absolute atomic E-state index is 11.7. The van der Waals surface area contributed by atoms with Gasteiger partial charge < -0.3 is 5.73 Å². The molecule has 1 aromatic rings. The predicted molar refractivity (Wildman–Crippen MR) is 63.6 cm³/mol. The molecule has 0 radical (unpaired) electrons. The van der Waals surface area contributed by atoms with Gasteiger partial charge in [-0.2, -0.15) is 0 Å². The van der Waals surface area contributed by atoms with Gasteiger partial charge in [-0.25, -0.2) is 0 Å². The van der Waals surface area contributed by atoms with Crippen LogP contribution in [0.1, 0.15) is 18.1 Å². The van der Waals surface area contributed by atoms with Crippen molar-refractivity contribution in [2.24, 2.45) is 5.73 Å². The summed E-state index contributed by atoms with van der Waals surface area (Å²) < 4.78 is 0. The third kappa shape index (κ3) is 2.12. The first-order valence-corrected chi connectivity index (χ1v) is 5.44. The zero-order valence-electron chi connectivity index (χ0n) is 9.64. The normalized spacial score (nSPS) is 15.4. The lowest BCUT2D eigenvalue weighted by atomic mass is 10.1. The molecule has 88 valence electrons. The van der Waals surface area contributed by atoms with Gasteiger partial charge in [0.25, 0.3) is 11.8 Å². The van der Waals surface area contributed by atoms with Crippen molar-refractivity contribution >= 4 is 11.8 Å². The van der Waals surface area contributed by atoms with Crippen molar-refractivity contribution < 1.29 is 9.59 Å². The molecule has 2 rings (SSSR count). The molecule has 0 bridgehead atoms. The van der Waals surface area contributed by atoms with Crippen LogP contribution in [0.4, 0.5) is 0 Å². The number of amides is 2. The van der Waals surface area contributed by atoms with Crippen LogP contribution in [0.15, 0.2) is 35.9 Å². The van der Waals surface area contributed by atoms with E-state index in [1.807, 2.05) is 24.3 Å². The minimum atomic E-state index is -0.251. The van der Waals surface area contributed by atoms with Crippen molar-refractivity contribution in [3.63, 3.8) is 0 Å². The van der Waals surface area contributed by atoms with Crippen LogP contribution in [0, 0.1) is 0 Å². The Hall–Kier alpha value is -1.94. The summed E-state index contributed by atoms with van der Waals surface area (Å²) in [7, 11) is 0. The van der Waals surface area contributed by atoms with Crippen molar-refractivity contribution in [1.29, 1.82) is 0 Å². The highest BCUT2D eigenvalue weighted by molar-refractivity contribution is 6.15. The second-order valence-corrected chi connectivity index (χ2v) is 4.03. The summed E-state index contributed by atoms with van der Waals surface area (Å²) in [6.45, 7) is 2.34. The van der Waals surface area contributed by atoms with E-state index >= 15 is 0 Å². The fourth-order valence-electron chi connectivity index (χ4n) is 1.87. The minimum absolute atomic E-state index is 0.221. The predicted octanol–water partition coefficient (Wildman–Crippen LogP) is 0.960. The molecule has 0 spiro atoms. The van der Waals surface area contributed by atoms with Crippen molar-refractivity contribution in [3.05, 3.63) is 47.0 Å². The van der Waals surface area contributed by atoms with E-state index in [1.54, 1.807) is 6.92 Å². The zero-order valence-corrected chi connectivity index (χ0v) is 9.64. The molecule has 4 nitrogen and oxygen atoms in total. The summed E-state index contributed by atoms with van der Waals surface area (Å²) in [5.41, 5.74) is 7.98. The minimum Gasteiger partial charge on any atom is -0.326 e. The maximum atomic E-state index is 11.7. The molecule has 2 amide bonds. The van der Waals surface area contributed by atoms with E-state index in [2.05, 4.69) is 0 Å². The van der Waals surface area contributed by atoms with Gasteiger partial charge in [0.2, 0.25) is 0 Å². The average molecular weight is 230 g/mol. The maximum Gasteiger partial charge on any atom is 0.256 e. The van der Waals surface area contributed by atoms with Gasteiger partial charge in [0.1, 0.15) is 0 Å². The van der Waals surface area contributed by atoms with E-state index in [0.29, 0.717) is 18.7 Å². The van der Waals surface area contributed by atoms with Gasteiger partial charge in [-0.15, -0.1) is 0 Å². The van der Waals surface area contributed by atoms with E-state index < -0.39 is 0 Å². The number of rotatable bonds is 3. The van der Waals surface area contributed by atoms with Crippen LogP contribution in [-0.4, -0.2) is 16.7 Å². The number of nitrogens with two attached hydrogens (primary N) is 1. The van der Waals surface area contributed by atoms with Gasteiger partial charge in [-0.05, 0) is 18.1 Å². The van der Waals surface area contributed by atoms with Crippen LogP contribution in [-0.2, 0) is 22.7 Å². The van der Waals surface area contributed by atoms with Crippen molar-refractivity contribution in [3.8, 4) is 0 Å². The van der Waals surface area contributed by atoms with E-state index in [4.69, 9.17) is 5.73 Å². The quantitative estimate of drug-likeness (QED) is 0.787. The Morgan fingerprint density at radius 2 is 1.82 bits per heavy atom. The van der Waals surface area contributed by atoms with Gasteiger partial charge in [0, 0.05) is 18.2 Å². The monoisotopic (exact) mass is 230 g/mol. The molecule has 0 unspecified atom stereocenters. The van der Waals surface area contributed by atoms with Crippen LogP contribution in [0.25, 0.3) is 0 Å². The number of benzene rings is 1. The summed E-state index contributed by atoms with van der Waals surface area (Å²) in [5.74, 6) is -0.471. The van der Waals surface area contributed by atoms with Crippen molar-refractivity contribution in [2.45, 2.75) is 20.0 Å². The summed E-state index contributed by atoms with van der Waals surface area (Å²) >= 11 is 0. The Morgan fingerprint density at radius 1 is 1.18 bits per heavy atom. The van der Waals surface area contributed by atoms with Crippen LogP contribution in [0.2, 0.25) is 0 Å². The largest absolute Gasteiger partial charge is 0.326 e. The fraction of sp³-hybridized carbons (Fsp3) is 0.231. The second-order valence-electron chi connectivity index (χ2n) is 4.03. The standard InChI is InChI=1S/C13H14N2O2/c1-9-6-12(16)15(13(9)17)8-11-5-3-2-4-10(11)7-14/h2-6H,7-8,14H2,1H3. The van der Waals surface area contributed by atoms with Crippen LogP contribution in [0.5, 0.6) is 0 Å². The van der Waals surface area contributed by atoms with Gasteiger partial charge in [0.15, 0.2) is 0 Å². The Bertz CT molecular complexity index is 506. The van der Waals surface area contributed by atoms with Gasteiger partial charge in [-0.3, -0.25) is 14.5 Å². The Kier molecular flexibility index (Phi) is 3.06. The number of hydrogen-bond donors (Lipinski definition) is 1. The van der Waals surface area contributed by atoms with E-state index in [-0.39, 0.29) is 11.8 Å². The van der Waals surface area contributed by atoms with Crippen LogP contribution >= 0.6 is 0 Å². The van der Waals surface area contributed by atoms with Gasteiger partial charge in [0.05, 0.1) is 6.54 Å². The molecule has 1 heterocycles. The Morgan fingerprint density at radius 3 is 2.35 bits per heavy atom. The molecule has 4 heteroatoms. The van der Waals surface area contributed by atoms with Gasteiger partial charge >= 0.3 is 0 Å². The summed E-state index contributed by atoms with van der Waals surface area (Å²) in [5, 5.41) is 0. The third-order valence-corrected chi connectivity index (χ3v) is 2.86. The molecule has 0 saturated carbocycles. The Balaban J connectivity index is 2.23. The lowest BCUT2D eigenvalue weighted by molar-refractivity contribution is -0.137. The number of nitrogens with zero attached hydrogens (tertiary/aromatic N) is 1. The third-order valence-electron chi connectivity index (χ3n) is 2.86. The lowest BCUT2D eigenvalue weighted by Crippen LogP contribution is -2.30. The molecule has 2 N–H and O–H groups in total. The molecular weight excluding hydrogens is 216 g/mol. The molecule has 0 aliphatic carbocycles. The molecule has 0 aromatic heterocycles. The first-order valence-electron chi connectivity index (χ1n) is 5.44. The molecule has 0 saturated heterocycles. The SMILES string of the molecule is CC1=CC(=O)N(Cc2ccccc2CN)C1=O. The summed E-state index contributed by atoms with van der Waals surface area (Å²) in [6.07, 6.45) is 1.37. The Labute approximate surface area is 99.7 Å². The van der Waals surface area contributed by atoms with E-state index in [1.165, 1.54) is 11.0 Å². The molecule has 17 heavy (non-hydrogen) atoms. The van der Waals surface area contributed by atoms with Gasteiger partial charge in [-0.1, -0.05) is 24.3 Å². The summed E-state index contributed by atoms with van der Waals surface area (Å²) in [4.78, 5) is 24.6. The van der Waals surface area contributed by atoms with Crippen molar-refractivity contribution in [2.75, 3.05) is 0 Å². The molecule has 0 fully saturated rings. The lowest BCUT2D eigenvalue weighted by Gasteiger charge is -2.16. The molecule has 0 atom stereocenters. The highest BCUT2D eigenvalue weighted by Crippen LogP contribution is 2.17. The topological polar surface area (TPSA) is 63.4 Å². The molecule has 1 aliphatic heterocycles. The first kappa shape index (κ1) is 11.5. The highest BCUT2D eigenvalue weighted by Gasteiger charge is 2.28. The summed E-state index contributed by atoms with van der Waals surface area (Å²) in [6, 6.07) is 7.56. The number of imide groups is 1. The molecular formula is C13H14N2O2. The smallest absolute Gasteiger partial charge is 0.256 e. The highest BCUT2D eigenvalue weighted by atomic mass is 16.2. The van der Waals surface area contributed by atoms with Crippen LogP contribution < -0.4 is 5.73 Å². The van der Waals surface area contributed by atoms with Crippen molar-refractivity contribution in [1.82, 2.24) is 4.90 Å². The molecule has 1 aliphatic rings. The van der Waals surface area contributed by atoms with E-state index in [9.17, 15) is 9.59 Å². The number of carbonyl (C=O) groups excluding carboxylic acids is 2. The second kappa shape index (κ2) is 4.51. The average Bonchev–Trinajstić information content (AvgIpc) is 2.57. The van der Waals surface area contributed by atoms with E-state index in [0.717, 1.165) is 11.1 Å².